The Hall–Kier alpha value is -1.98. The maximum absolute atomic E-state index is 11.7. The number of nitrogens with one attached hydrogen (secondary N) is 1. The predicted octanol–water partition coefficient (Wildman–Crippen LogP) is 2.47. The van der Waals surface area contributed by atoms with Crippen LogP contribution in [-0.2, 0) is 5.75 Å². The minimum absolute atomic E-state index is 0.279. The Morgan fingerprint density at radius 2 is 1.95 bits per heavy atom. The number of hydrogen-bond donors (Lipinski definition) is 3. The number of amides is 1. The topological polar surface area (TPSA) is 81.1 Å². The molecule has 4 nitrogen and oxygen atoms in total. The van der Waals surface area contributed by atoms with Gasteiger partial charge in [-0.25, -0.2) is 5.84 Å². The van der Waals surface area contributed by atoms with Crippen molar-refractivity contribution in [3.8, 4) is 0 Å². The van der Waals surface area contributed by atoms with Crippen molar-refractivity contribution in [2.45, 2.75) is 17.6 Å². The van der Waals surface area contributed by atoms with Crippen LogP contribution in [0.1, 0.15) is 21.5 Å². The average Bonchev–Trinajstić information content (AvgIpc) is 2.48. The molecule has 5 N–H and O–H groups in total. The first-order valence-electron chi connectivity index (χ1n) is 6.20. The largest absolute Gasteiger partial charge is 0.398 e. The lowest BCUT2D eigenvalue weighted by Crippen LogP contribution is -2.30. The van der Waals surface area contributed by atoms with E-state index >= 15 is 0 Å². The molecule has 2 aromatic rings. The SMILES string of the molecule is Cc1cccc(SCc2ccccc2C(=O)NN)c1N. The molecule has 1 amide bonds. The van der Waals surface area contributed by atoms with Crippen LogP contribution in [-0.4, -0.2) is 5.91 Å². The van der Waals surface area contributed by atoms with E-state index in [2.05, 4.69) is 5.43 Å². The van der Waals surface area contributed by atoms with Crippen LogP contribution < -0.4 is 17.0 Å². The van der Waals surface area contributed by atoms with Gasteiger partial charge in [-0.2, -0.15) is 0 Å². The van der Waals surface area contributed by atoms with E-state index in [9.17, 15) is 4.79 Å². The first-order chi connectivity index (χ1) is 9.63. The summed E-state index contributed by atoms with van der Waals surface area (Å²) >= 11 is 1.61. The monoisotopic (exact) mass is 287 g/mol. The molecule has 0 spiro atoms. The Labute approximate surface area is 122 Å². The van der Waals surface area contributed by atoms with Gasteiger partial charge in [0, 0.05) is 21.9 Å². The molecule has 0 aliphatic rings. The van der Waals surface area contributed by atoms with E-state index in [4.69, 9.17) is 11.6 Å². The maximum Gasteiger partial charge on any atom is 0.265 e. The number of thioether (sulfide) groups is 1. The van der Waals surface area contributed by atoms with E-state index < -0.39 is 0 Å². The maximum atomic E-state index is 11.7. The second-order valence-electron chi connectivity index (χ2n) is 4.41. The molecule has 0 radical (unpaired) electrons. The molecule has 0 bridgehead atoms. The molecule has 0 fully saturated rings. The number of nitrogen functional groups attached to an aromatic ring is 2. The lowest BCUT2D eigenvalue weighted by atomic mass is 10.1. The zero-order valence-corrected chi connectivity index (χ0v) is 12.0. The van der Waals surface area contributed by atoms with Gasteiger partial charge < -0.3 is 5.73 Å². The fourth-order valence-electron chi connectivity index (χ4n) is 1.88. The molecule has 0 aromatic heterocycles. The summed E-state index contributed by atoms with van der Waals surface area (Å²) in [5.74, 6) is 5.58. The van der Waals surface area contributed by atoms with E-state index in [-0.39, 0.29) is 5.91 Å². The van der Waals surface area contributed by atoms with Crippen LogP contribution in [0.4, 0.5) is 5.69 Å². The van der Waals surface area contributed by atoms with Crippen molar-refractivity contribution in [3.63, 3.8) is 0 Å². The third kappa shape index (κ3) is 3.12. The van der Waals surface area contributed by atoms with Crippen LogP contribution in [0.25, 0.3) is 0 Å². The zero-order valence-electron chi connectivity index (χ0n) is 11.2. The van der Waals surface area contributed by atoms with Crippen molar-refractivity contribution in [1.82, 2.24) is 5.43 Å². The van der Waals surface area contributed by atoms with Crippen molar-refractivity contribution in [2.24, 2.45) is 5.84 Å². The number of carbonyl (C=O) groups is 1. The van der Waals surface area contributed by atoms with Gasteiger partial charge in [-0.05, 0) is 30.2 Å². The Morgan fingerprint density at radius 3 is 2.70 bits per heavy atom. The molecule has 5 heteroatoms. The van der Waals surface area contributed by atoms with Gasteiger partial charge >= 0.3 is 0 Å². The number of aryl methyl sites for hydroxylation is 1. The lowest BCUT2D eigenvalue weighted by Gasteiger charge is -2.10. The Balaban J connectivity index is 2.19. The lowest BCUT2D eigenvalue weighted by molar-refractivity contribution is 0.0953. The van der Waals surface area contributed by atoms with Crippen molar-refractivity contribution >= 4 is 23.4 Å². The van der Waals surface area contributed by atoms with Gasteiger partial charge in [0.05, 0.1) is 0 Å². The number of carbonyl (C=O) groups excluding carboxylic acids is 1. The first kappa shape index (κ1) is 14.4. The highest BCUT2D eigenvalue weighted by atomic mass is 32.2. The molecule has 0 aliphatic heterocycles. The molecule has 0 aliphatic carbocycles. The minimum atomic E-state index is -0.279. The summed E-state index contributed by atoms with van der Waals surface area (Å²) in [6, 6.07) is 13.4. The van der Waals surface area contributed by atoms with Gasteiger partial charge in [0.25, 0.3) is 5.91 Å². The summed E-state index contributed by atoms with van der Waals surface area (Å²) in [7, 11) is 0. The summed E-state index contributed by atoms with van der Waals surface area (Å²) in [6.45, 7) is 1.98. The van der Waals surface area contributed by atoms with Gasteiger partial charge in [-0.15, -0.1) is 11.8 Å². The van der Waals surface area contributed by atoms with Gasteiger partial charge in [0.2, 0.25) is 0 Å². The van der Waals surface area contributed by atoms with Crippen LogP contribution >= 0.6 is 11.8 Å². The minimum Gasteiger partial charge on any atom is -0.398 e. The molecule has 0 saturated carbocycles. The third-order valence-electron chi connectivity index (χ3n) is 3.06. The molecular formula is C15H17N3OS. The summed E-state index contributed by atoms with van der Waals surface area (Å²) < 4.78 is 0. The van der Waals surface area contributed by atoms with Gasteiger partial charge in [0.15, 0.2) is 0 Å². The third-order valence-corrected chi connectivity index (χ3v) is 4.18. The first-order valence-corrected chi connectivity index (χ1v) is 7.18. The number of anilines is 1. The Bertz CT molecular complexity index is 628. The second kappa shape index (κ2) is 6.45. The summed E-state index contributed by atoms with van der Waals surface area (Å²) in [6.07, 6.45) is 0. The van der Waals surface area contributed by atoms with Crippen LogP contribution in [0.5, 0.6) is 0 Å². The van der Waals surface area contributed by atoms with Crippen molar-refractivity contribution < 1.29 is 4.79 Å². The van der Waals surface area contributed by atoms with Crippen LogP contribution in [0.3, 0.4) is 0 Å². The zero-order chi connectivity index (χ0) is 14.5. The van der Waals surface area contributed by atoms with E-state index in [1.54, 1.807) is 17.8 Å². The number of benzene rings is 2. The highest BCUT2D eigenvalue weighted by Gasteiger charge is 2.10. The van der Waals surface area contributed by atoms with Gasteiger partial charge in [-0.3, -0.25) is 10.2 Å². The van der Waals surface area contributed by atoms with E-state index in [0.29, 0.717) is 11.3 Å². The second-order valence-corrected chi connectivity index (χ2v) is 5.42. The molecule has 2 aromatic carbocycles. The van der Waals surface area contributed by atoms with Gasteiger partial charge in [-0.1, -0.05) is 30.3 Å². The summed E-state index contributed by atoms with van der Waals surface area (Å²) in [5, 5.41) is 0. The highest BCUT2D eigenvalue weighted by molar-refractivity contribution is 7.98. The molecule has 0 heterocycles. The van der Waals surface area contributed by atoms with E-state index in [1.165, 1.54) is 0 Å². The molecule has 0 atom stereocenters. The average molecular weight is 287 g/mol. The Kier molecular flexibility index (Phi) is 4.65. The van der Waals surface area contributed by atoms with E-state index in [1.807, 2.05) is 43.3 Å². The van der Waals surface area contributed by atoms with Crippen molar-refractivity contribution in [1.29, 1.82) is 0 Å². The Morgan fingerprint density at radius 1 is 1.20 bits per heavy atom. The van der Waals surface area contributed by atoms with Crippen LogP contribution in [0, 0.1) is 6.92 Å². The molecule has 0 saturated heterocycles. The fourth-order valence-corrected chi connectivity index (χ4v) is 2.93. The quantitative estimate of drug-likeness (QED) is 0.265. The summed E-state index contributed by atoms with van der Waals surface area (Å²) in [5.41, 5.74) is 11.6. The summed E-state index contributed by atoms with van der Waals surface area (Å²) in [4.78, 5) is 12.7. The van der Waals surface area contributed by atoms with E-state index in [0.717, 1.165) is 21.7 Å². The molecule has 104 valence electrons. The molecule has 0 unspecified atom stereocenters. The number of rotatable bonds is 4. The van der Waals surface area contributed by atoms with Crippen LogP contribution in [0.2, 0.25) is 0 Å². The number of para-hydroxylation sites is 1. The van der Waals surface area contributed by atoms with Crippen LogP contribution in [0.15, 0.2) is 47.4 Å². The number of nitrogens with two attached hydrogens (primary N) is 2. The number of hydrogen-bond acceptors (Lipinski definition) is 4. The van der Waals surface area contributed by atoms with Gasteiger partial charge in [0.1, 0.15) is 0 Å². The van der Waals surface area contributed by atoms with Crippen molar-refractivity contribution in [3.05, 3.63) is 59.2 Å². The fraction of sp³-hybridized carbons (Fsp3) is 0.133. The smallest absolute Gasteiger partial charge is 0.265 e. The molecule has 20 heavy (non-hydrogen) atoms. The molecular weight excluding hydrogens is 270 g/mol. The highest BCUT2D eigenvalue weighted by Crippen LogP contribution is 2.30. The number of hydrazine groups is 1. The standard InChI is InChI=1S/C15H17N3OS/c1-10-5-4-8-13(14(10)16)20-9-11-6-2-3-7-12(11)15(19)18-17/h2-8H,9,16-17H2,1H3,(H,18,19). The normalized spacial score (nSPS) is 10.3. The van der Waals surface area contributed by atoms with Crippen molar-refractivity contribution in [2.75, 3.05) is 5.73 Å². The molecule has 2 rings (SSSR count). The predicted molar refractivity (Wildman–Crippen MR) is 83.2 cm³/mol.